The van der Waals surface area contributed by atoms with E-state index >= 15 is 0 Å². The Hall–Kier alpha value is -2.57. The SMILES string of the molecule is Cc1ccc(S(=O)(=O)OCC(COS(=O)(=O)c2ccc(C)cc2)(C(=O)O)c2cccc(Br)c2)cc1. The molecule has 0 aliphatic heterocycles. The maximum absolute atomic E-state index is 12.8. The first-order valence-electron chi connectivity index (χ1n) is 10.3. The van der Waals surface area contributed by atoms with Crippen LogP contribution in [0.1, 0.15) is 16.7 Å². The van der Waals surface area contributed by atoms with Crippen molar-refractivity contribution in [2.75, 3.05) is 13.2 Å². The average Bonchev–Trinajstić information content (AvgIpc) is 2.79. The maximum Gasteiger partial charge on any atom is 0.319 e. The third-order valence-electron chi connectivity index (χ3n) is 5.33. The number of carboxylic acid groups (broad SMARTS) is 1. The molecule has 0 radical (unpaired) electrons. The molecule has 0 aliphatic rings. The van der Waals surface area contributed by atoms with Gasteiger partial charge in [0.05, 0.1) is 23.0 Å². The molecule has 0 amide bonds. The minimum Gasteiger partial charge on any atom is -0.480 e. The smallest absolute Gasteiger partial charge is 0.319 e. The fourth-order valence-corrected chi connectivity index (χ4v) is 5.47. The van der Waals surface area contributed by atoms with Gasteiger partial charge in [-0.05, 0) is 55.8 Å². The van der Waals surface area contributed by atoms with Crippen molar-refractivity contribution in [2.45, 2.75) is 29.1 Å². The first-order valence-corrected chi connectivity index (χ1v) is 13.9. The maximum atomic E-state index is 12.8. The van der Waals surface area contributed by atoms with Gasteiger partial charge in [-0.3, -0.25) is 13.2 Å². The van der Waals surface area contributed by atoms with Crippen molar-refractivity contribution in [1.82, 2.24) is 0 Å². The van der Waals surface area contributed by atoms with E-state index in [2.05, 4.69) is 15.9 Å². The topological polar surface area (TPSA) is 124 Å². The Labute approximate surface area is 212 Å². The number of carboxylic acids is 1. The van der Waals surface area contributed by atoms with E-state index in [4.69, 9.17) is 8.37 Å². The molecule has 0 bridgehead atoms. The molecule has 8 nitrogen and oxygen atoms in total. The Bertz CT molecular complexity index is 1340. The van der Waals surface area contributed by atoms with Crippen LogP contribution in [0.25, 0.3) is 0 Å². The zero-order valence-electron chi connectivity index (χ0n) is 18.8. The van der Waals surface area contributed by atoms with Gasteiger partial charge in [0.15, 0.2) is 0 Å². The van der Waals surface area contributed by atoms with Gasteiger partial charge in [0.25, 0.3) is 20.2 Å². The highest BCUT2D eigenvalue weighted by Gasteiger charge is 2.44. The van der Waals surface area contributed by atoms with Gasteiger partial charge in [0.2, 0.25) is 0 Å². The Morgan fingerprint density at radius 2 is 1.23 bits per heavy atom. The molecule has 0 spiro atoms. The molecule has 3 aromatic carbocycles. The van der Waals surface area contributed by atoms with Crippen molar-refractivity contribution in [1.29, 1.82) is 0 Å². The van der Waals surface area contributed by atoms with Crippen LogP contribution in [0.2, 0.25) is 0 Å². The summed E-state index contributed by atoms with van der Waals surface area (Å²) in [6, 6.07) is 17.7. The van der Waals surface area contributed by atoms with Gasteiger partial charge in [-0.2, -0.15) is 16.8 Å². The summed E-state index contributed by atoms with van der Waals surface area (Å²) in [6.07, 6.45) is 0. The van der Waals surface area contributed by atoms with Crippen molar-refractivity contribution >= 4 is 42.1 Å². The Morgan fingerprint density at radius 1 is 0.800 bits per heavy atom. The summed E-state index contributed by atoms with van der Waals surface area (Å²) in [7, 11) is -8.71. The van der Waals surface area contributed by atoms with Crippen LogP contribution in [0.5, 0.6) is 0 Å². The van der Waals surface area contributed by atoms with Crippen molar-refractivity contribution in [3.63, 3.8) is 0 Å². The average molecular weight is 583 g/mol. The van der Waals surface area contributed by atoms with Crippen LogP contribution in [-0.4, -0.2) is 41.1 Å². The predicted molar refractivity (Wildman–Crippen MR) is 132 cm³/mol. The van der Waals surface area contributed by atoms with Crippen LogP contribution in [-0.2, 0) is 38.8 Å². The third kappa shape index (κ3) is 6.36. The molecule has 1 N–H and O–H groups in total. The first-order chi connectivity index (χ1) is 16.4. The van der Waals surface area contributed by atoms with Crippen LogP contribution < -0.4 is 0 Å². The van der Waals surface area contributed by atoms with Crippen LogP contribution in [0, 0.1) is 13.8 Å². The van der Waals surface area contributed by atoms with Gasteiger partial charge in [-0.1, -0.05) is 63.5 Å². The van der Waals surface area contributed by atoms with E-state index in [0.29, 0.717) is 4.47 Å². The second kappa shape index (κ2) is 10.6. The highest BCUT2D eigenvalue weighted by atomic mass is 79.9. The van der Waals surface area contributed by atoms with E-state index in [-0.39, 0.29) is 15.4 Å². The molecule has 0 aliphatic carbocycles. The first kappa shape index (κ1) is 27.0. The number of hydrogen-bond acceptors (Lipinski definition) is 7. The lowest BCUT2D eigenvalue weighted by molar-refractivity contribution is -0.146. The molecule has 11 heteroatoms. The molecule has 0 saturated carbocycles. The van der Waals surface area contributed by atoms with E-state index in [1.54, 1.807) is 50.2 Å². The zero-order chi connectivity index (χ0) is 25.9. The minimum absolute atomic E-state index is 0.0950. The third-order valence-corrected chi connectivity index (χ3v) is 8.38. The molecular formula is C24H23BrO8S2. The Morgan fingerprint density at radius 3 is 1.60 bits per heavy atom. The normalized spacial score (nSPS) is 12.4. The fraction of sp³-hybridized carbons (Fsp3) is 0.208. The fourth-order valence-electron chi connectivity index (χ4n) is 3.14. The van der Waals surface area contributed by atoms with Gasteiger partial charge < -0.3 is 5.11 Å². The van der Waals surface area contributed by atoms with Crippen molar-refractivity contribution < 1.29 is 35.1 Å². The summed E-state index contributed by atoms with van der Waals surface area (Å²) >= 11 is 3.26. The monoisotopic (exact) mass is 582 g/mol. The molecular weight excluding hydrogens is 560 g/mol. The summed E-state index contributed by atoms with van der Waals surface area (Å²) in [4.78, 5) is 12.2. The van der Waals surface area contributed by atoms with Crippen LogP contribution in [0.15, 0.2) is 87.1 Å². The van der Waals surface area contributed by atoms with Crippen LogP contribution >= 0.6 is 15.9 Å². The van der Waals surface area contributed by atoms with Gasteiger partial charge >= 0.3 is 5.97 Å². The molecule has 3 aromatic rings. The van der Waals surface area contributed by atoms with E-state index < -0.39 is 44.8 Å². The number of aryl methyl sites for hydroxylation is 2. The van der Waals surface area contributed by atoms with Crippen LogP contribution in [0.3, 0.4) is 0 Å². The molecule has 35 heavy (non-hydrogen) atoms. The number of hydrogen-bond donors (Lipinski definition) is 1. The molecule has 0 atom stereocenters. The standard InChI is InChI=1S/C24H23BrO8S2/c1-17-6-10-21(11-7-17)34(28,29)32-15-24(23(26)27,19-4-3-5-20(25)14-19)16-33-35(30,31)22-12-8-18(2)9-13-22/h3-14H,15-16H2,1-2H3,(H,26,27). The highest BCUT2D eigenvalue weighted by molar-refractivity contribution is 9.10. The van der Waals surface area contributed by atoms with Crippen molar-refractivity contribution in [3.8, 4) is 0 Å². The largest absolute Gasteiger partial charge is 0.480 e. The molecule has 0 heterocycles. The zero-order valence-corrected chi connectivity index (χ0v) is 22.1. The summed E-state index contributed by atoms with van der Waals surface area (Å²) in [5.74, 6) is -1.52. The van der Waals surface area contributed by atoms with Gasteiger partial charge in [-0.15, -0.1) is 0 Å². The minimum atomic E-state index is -4.35. The lowest BCUT2D eigenvalue weighted by Crippen LogP contribution is -2.46. The lowest BCUT2D eigenvalue weighted by Gasteiger charge is -2.29. The molecule has 0 aromatic heterocycles. The van der Waals surface area contributed by atoms with E-state index in [1.807, 2.05) is 0 Å². The quantitative estimate of drug-likeness (QED) is 0.353. The number of benzene rings is 3. The van der Waals surface area contributed by atoms with Crippen LogP contribution in [0.4, 0.5) is 0 Å². The second-order valence-corrected chi connectivity index (χ2v) is 12.1. The van der Waals surface area contributed by atoms with Crippen molar-refractivity contribution in [3.05, 3.63) is 94.0 Å². The predicted octanol–water partition coefficient (Wildman–Crippen LogP) is 4.20. The molecule has 0 fully saturated rings. The Kier molecular flexibility index (Phi) is 8.17. The molecule has 186 valence electrons. The van der Waals surface area contributed by atoms with E-state index in [0.717, 1.165) is 11.1 Å². The van der Waals surface area contributed by atoms with Gasteiger partial charge in [0.1, 0.15) is 5.41 Å². The van der Waals surface area contributed by atoms with E-state index in [9.17, 15) is 26.7 Å². The summed E-state index contributed by atoms with van der Waals surface area (Å²) in [6.45, 7) is 1.76. The molecule has 0 unspecified atom stereocenters. The van der Waals surface area contributed by atoms with E-state index in [1.165, 1.54) is 36.4 Å². The highest BCUT2D eigenvalue weighted by Crippen LogP contribution is 2.31. The Balaban J connectivity index is 1.99. The number of halogens is 1. The lowest BCUT2D eigenvalue weighted by atomic mass is 9.82. The number of aliphatic carboxylic acids is 1. The summed E-state index contributed by atoms with van der Waals surface area (Å²) in [5.41, 5.74) is -0.419. The second-order valence-electron chi connectivity index (χ2n) is 7.96. The van der Waals surface area contributed by atoms with Crippen molar-refractivity contribution in [2.24, 2.45) is 0 Å². The summed E-state index contributed by atoms with van der Waals surface area (Å²) < 4.78 is 62.0. The molecule has 3 rings (SSSR count). The number of carbonyl (C=O) groups is 1. The summed E-state index contributed by atoms with van der Waals surface area (Å²) in [5, 5.41) is 10.2. The van der Waals surface area contributed by atoms with Gasteiger partial charge in [-0.25, -0.2) is 0 Å². The molecule has 0 saturated heterocycles. The van der Waals surface area contributed by atoms with Gasteiger partial charge in [0, 0.05) is 4.47 Å². The number of rotatable bonds is 10.